The van der Waals surface area contributed by atoms with E-state index in [1.54, 1.807) is 0 Å². The van der Waals surface area contributed by atoms with Crippen molar-refractivity contribution in [3.05, 3.63) is 23.3 Å². The van der Waals surface area contributed by atoms with Crippen molar-refractivity contribution >= 4 is 23.7 Å². The maximum absolute atomic E-state index is 12.3. The zero-order chi connectivity index (χ0) is 24.3. The van der Waals surface area contributed by atoms with Crippen LogP contribution in [-0.4, -0.2) is 42.5 Å². The summed E-state index contributed by atoms with van der Waals surface area (Å²) < 4.78 is 16.4. The highest BCUT2D eigenvalue weighted by Gasteiger charge is 2.66. The molecule has 2 saturated carbocycles. The van der Waals surface area contributed by atoms with Gasteiger partial charge >= 0.3 is 17.9 Å². The molecule has 1 aliphatic heterocycles. The SMILES string of the molecule is CC(=O)OCC(=O)OC[C@@H]1CC2=CC(=O)CC[C@]2(C)C2=CC[C@@]3(C)C(CC[C@@]34CCC(=O)O4)C21. The van der Waals surface area contributed by atoms with E-state index in [0.717, 1.165) is 37.7 Å². The number of fused-ring (bicyclic) bond motifs is 6. The number of ether oxygens (including phenoxy) is 3. The third kappa shape index (κ3) is 3.45. The molecule has 6 atom stereocenters. The number of hydrogen-bond acceptors (Lipinski definition) is 7. The number of carbonyl (C=O) groups is 4. The van der Waals surface area contributed by atoms with Gasteiger partial charge in [0, 0.05) is 36.5 Å². The van der Waals surface area contributed by atoms with Crippen LogP contribution in [-0.2, 0) is 33.4 Å². The third-order valence-corrected chi connectivity index (χ3v) is 9.69. The summed E-state index contributed by atoms with van der Waals surface area (Å²) in [6.45, 7) is 5.61. The number of ketones is 1. The largest absolute Gasteiger partial charge is 0.463 e. The molecule has 1 spiro atoms. The standard InChI is InChI=1S/C27H34O7/c1-16(28)32-15-23(31)33-14-17-12-18-13-19(29)4-8-25(18,2)20-5-9-26(3)21(24(17)20)6-10-27(26)11-7-22(30)34-27/h5,13,17,21,24H,4,6-12,14-15H2,1-3H3/t17-,21?,24?,25-,26-,27+/m0/s1. The minimum atomic E-state index is -0.561. The van der Waals surface area contributed by atoms with Crippen molar-refractivity contribution in [1.82, 2.24) is 0 Å². The molecule has 0 radical (unpaired) electrons. The molecule has 34 heavy (non-hydrogen) atoms. The molecule has 0 aromatic carbocycles. The van der Waals surface area contributed by atoms with Gasteiger partial charge in [0.25, 0.3) is 0 Å². The van der Waals surface area contributed by atoms with E-state index >= 15 is 0 Å². The lowest BCUT2D eigenvalue weighted by molar-refractivity contribution is -0.163. The van der Waals surface area contributed by atoms with Gasteiger partial charge in [0.15, 0.2) is 12.4 Å². The number of rotatable bonds is 4. The summed E-state index contributed by atoms with van der Waals surface area (Å²) >= 11 is 0. The first-order valence-electron chi connectivity index (χ1n) is 12.5. The van der Waals surface area contributed by atoms with E-state index in [2.05, 4.69) is 19.9 Å². The number of allylic oxidation sites excluding steroid dienone is 4. The molecule has 0 aromatic heterocycles. The summed E-state index contributed by atoms with van der Waals surface area (Å²) in [6.07, 6.45) is 10.2. The van der Waals surface area contributed by atoms with Crippen molar-refractivity contribution < 1.29 is 33.4 Å². The second-order valence-corrected chi connectivity index (χ2v) is 11.3. The van der Waals surface area contributed by atoms with Crippen LogP contribution in [0.15, 0.2) is 23.3 Å². The van der Waals surface area contributed by atoms with Crippen molar-refractivity contribution in [1.29, 1.82) is 0 Å². The molecule has 2 unspecified atom stereocenters. The van der Waals surface area contributed by atoms with Crippen molar-refractivity contribution in [2.75, 3.05) is 13.2 Å². The number of hydrogen-bond donors (Lipinski definition) is 0. The summed E-state index contributed by atoms with van der Waals surface area (Å²) in [4.78, 5) is 47.8. The van der Waals surface area contributed by atoms with Crippen LogP contribution in [0.5, 0.6) is 0 Å². The highest BCUT2D eigenvalue weighted by molar-refractivity contribution is 5.92. The van der Waals surface area contributed by atoms with Gasteiger partial charge in [-0.1, -0.05) is 31.1 Å². The van der Waals surface area contributed by atoms with Gasteiger partial charge in [0.05, 0.1) is 6.61 Å². The average molecular weight is 471 g/mol. The highest BCUT2D eigenvalue weighted by Crippen LogP contribution is 2.68. The van der Waals surface area contributed by atoms with Gasteiger partial charge in [-0.05, 0) is 56.4 Å². The molecule has 0 bridgehead atoms. The Balaban J connectivity index is 1.48. The van der Waals surface area contributed by atoms with Crippen LogP contribution in [0.25, 0.3) is 0 Å². The molecule has 0 amide bonds. The molecule has 184 valence electrons. The molecule has 0 N–H and O–H groups in total. The van der Waals surface area contributed by atoms with Gasteiger partial charge < -0.3 is 14.2 Å². The van der Waals surface area contributed by atoms with Gasteiger partial charge in [-0.15, -0.1) is 0 Å². The molecule has 3 fully saturated rings. The van der Waals surface area contributed by atoms with E-state index in [1.165, 1.54) is 12.5 Å². The minimum absolute atomic E-state index is 0.0228. The van der Waals surface area contributed by atoms with Crippen LogP contribution in [0, 0.1) is 28.6 Å². The van der Waals surface area contributed by atoms with Gasteiger partial charge in [0.2, 0.25) is 0 Å². The summed E-state index contributed by atoms with van der Waals surface area (Å²) in [7, 11) is 0. The molecule has 5 aliphatic rings. The quantitative estimate of drug-likeness (QED) is 0.350. The van der Waals surface area contributed by atoms with Crippen molar-refractivity contribution in [2.24, 2.45) is 28.6 Å². The normalized spacial score (nSPS) is 40.5. The maximum atomic E-state index is 12.3. The first kappa shape index (κ1) is 23.3. The fourth-order valence-corrected chi connectivity index (χ4v) is 7.84. The number of carbonyl (C=O) groups excluding carboxylic acids is 4. The van der Waals surface area contributed by atoms with Crippen molar-refractivity contribution in [3.63, 3.8) is 0 Å². The Morgan fingerprint density at radius 3 is 2.62 bits per heavy atom. The lowest BCUT2D eigenvalue weighted by Gasteiger charge is -2.57. The fourth-order valence-electron chi connectivity index (χ4n) is 7.84. The van der Waals surface area contributed by atoms with E-state index in [-0.39, 0.29) is 41.0 Å². The maximum Gasteiger partial charge on any atom is 0.344 e. The van der Waals surface area contributed by atoms with E-state index in [4.69, 9.17) is 14.2 Å². The Morgan fingerprint density at radius 1 is 1.12 bits per heavy atom. The smallest absolute Gasteiger partial charge is 0.344 e. The van der Waals surface area contributed by atoms with Crippen LogP contribution < -0.4 is 0 Å². The van der Waals surface area contributed by atoms with Crippen LogP contribution in [0.2, 0.25) is 0 Å². The van der Waals surface area contributed by atoms with Gasteiger partial charge in [0.1, 0.15) is 5.60 Å². The lowest BCUT2D eigenvalue weighted by Crippen LogP contribution is -2.53. The Bertz CT molecular complexity index is 1010. The number of esters is 3. The molecular weight excluding hydrogens is 436 g/mol. The van der Waals surface area contributed by atoms with Crippen LogP contribution >= 0.6 is 0 Å². The summed E-state index contributed by atoms with van der Waals surface area (Å²) in [5.41, 5.74) is 1.78. The van der Waals surface area contributed by atoms with Gasteiger partial charge in [-0.25, -0.2) is 4.79 Å². The first-order valence-corrected chi connectivity index (χ1v) is 12.5. The Labute approximate surface area is 200 Å². The monoisotopic (exact) mass is 470 g/mol. The Hall–Kier alpha value is -2.44. The Kier molecular flexibility index (Phi) is 5.53. The van der Waals surface area contributed by atoms with Gasteiger partial charge in [-0.3, -0.25) is 14.4 Å². The molecule has 1 heterocycles. The minimum Gasteiger partial charge on any atom is -0.463 e. The Morgan fingerprint density at radius 2 is 1.91 bits per heavy atom. The first-order chi connectivity index (χ1) is 16.1. The zero-order valence-corrected chi connectivity index (χ0v) is 20.3. The fraction of sp³-hybridized carbons (Fsp3) is 0.704. The predicted octanol–water partition coefficient (Wildman–Crippen LogP) is 3.85. The van der Waals surface area contributed by atoms with E-state index in [9.17, 15) is 19.2 Å². The average Bonchev–Trinajstić information content (AvgIpc) is 3.31. The lowest BCUT2D eigenvalue weighted by atomic mass is 9.48. The van der Waals surface area contributed by atoms with E-state index in [1.807, 2.05) is 6.08 Å². The molecule has 5 rings (SSSR count). The molecule has 7 heteroatoms. The molecular formula is C27H34O7. The topological polar surface area (TPSA) is 96.0 Å². The van der Waals surface area contributed by atoms with Crippen molar-refractivity contribution in [3.8, 4) is 0 Å². The van der Waals surface area contributed by atoms with Gasteiger partial charge in [-0.2, -0.15) is 0 Å². The third-order valence-electron chi connectivity index (χ3n) is 9.69. The van der Waals surface area contributed by atoms with Crippen LogP contribution in [0.1, 0.15) is 72.1 Å². The zero-order valence-electron chi connectivity index (χ0n) is 20.3. The van der Waals surface area contributed by atoms with E-state index < -0.39 is 24.1 Å². The molecule has 7 nitrogen and oxygen atoms in total. The van der Waals surface area contributed by atoms with Crippen LogP contribution in [0.4, 0.5) is 0 Å². The molecule has 4 aliphatic carbocycles. The highest BCUT2D eigenvalue weighted by atomic mass is 16.6. The second kappa shape index (κ2) is 8.06. The van der Waals surface area contributed by atoms with Crippen molar-refractivity contribution in [2.45, 2.75) is 77.7 Å². The summed E-state index contributed by atoms with van der Waals surface area (Å²) in [6, 6.07) is 0. The molecule has 0 aromatic rings. The van der Waals surface area contributed by atoms with E-state index in [0.29, 0.717) is 25.2 Å². The van der Waals surface area contributed by atoms with Crippen LogP contribution in [0.3, 0.4) is 0 Å². The summed E-state index contributed by atoms with van der Waals surface area (Å²) in [5.74, 6) is -0.494. The summed E-state index contributed by atoms with van der Waals surface area (Å²) in [5, 5.41) is 0. The molecule has 1 saturated heterocycles. The predicted molar refractivity (Wildman–Crippen MR) is 121 cm³/mol. The second-order valence-electron chi connectivity index (χ2n) is 11.3.